The predicted molar refractivity (Wildman–Crippen MR) is 419 cm³/mol. The van der Waals surface area contributed by atoms with Crippen LogP contribution in [0, 0.1) is 18.6 Å². The molecule has 14 aromatic carbocycles. The molecule has 0 atom stereocenters. The molecule has 0 amide bonds. The first kappa shape index (κ1) is 60.1. The molecule has 7 heteroatoms. The zero-order valence-corrected chi connectivity index (χ0v) is 57.2. The van der Waals surface area contributed by atoms with Gasteiger partial charge in [-0.3, -0.25) is 0 Å². The Morgan fingerprint density at radius 3 is 1.13 bits per heavy atom. The van der Waals surface area contributed by atoms with Crippen molar-refractivity contribution < 1.29 is 8.78 Å². The smallest absolute Gasteiger partial charge is 0.123 e. The number of halogens is 2. The van der Waals surface area contributed by atoms with Gasteiger partial charge in [0.2, 0.25) is 0 Å². The van der Waals surface area contributed by atoms with Gasteiger partial charge in [-0.25, -0.2) is 8.78 Å². The lowest BCUT2D eigenvalue weighted by molar-refractivity contribution is 0.523. The quantitative estimate of drug-likeness (QED) is 0.123. The minimum atomic E-state index is -0.297. The number of para-hydroxylation sites is 4. The van der Waals surface area contributed by atoms with Crippen LogP contribution >= 0.6 is 0 Å². The Morgan fingerprint density at radius 1 is 0.267 bits per heavy atom. The van der Waals surface area contributed by atoms with Crippen LogP contribution in [0.1, 0.15) is 68.0 Å². The lowest BCUT2D eigenvalue weighted by Crippen LogP contribution is -2.20. The molecule has 0 spiro atoms. The Morgan fingerprint density at radius 2 is 0.624 bits per heavy atom. The first-order valence-corrected chi connectivity index (χ1v) is 35.1. The minimum Gasteiger partial charge on any atom is -0.309 e. The summed E-state index contributed by atoms with van der Waals surface area (Å²) in [6.45, 7) is 14.0. The van der Waals surface area contributed by atoms with Gasteiger partial charge in [-0.1, -0.05) is 174 Å². The summed E-state index contributed by atoms with van der Waals surface area (Å²) in [7, 11) is 0. The topological polar surface area (TPSA) is 24.6 Å². The van der Waals surface area contributed by atoms with Crippen molar-refractivity contribution in [3.05, 3.63) is 342 Å². The summed E-state index contributed by atoms with van der Waals surface area (Å²) in [6.07, 6.45) is 1.58. The molecule has 101 heavy (non-hydrogen) atoms. The highest BCUT2D eigenvalue weighted by atomic mass is 19.1. The fraction of sp³-hybridized carbons (Fsp3) is 0.106. The van der Waals surface area contributed by atoms with Crippen LogP contribution < -0.4 is 0 Å². The number of rotatable bonds is 11. The van der Waals surface area contributed by atoms with E-state index in [9.17, 15) is 0 Å². The monoisotopic (exact) mass is 1310 g/mol. The summed E-state index contributed by atoms with van der Waals surface area (Å²) in [5, 5.41) is 10.8. The Kier molecular flexibility index (Phi) is 13.5. The second-order valence-corrected chi connectivity index (χ2v) is 29.4. The van der Waals surface area contributed by atoms with Gasteiger partial charge in [0.05, 0.1) is 55.2 Å². The van der Waals surface area contributed by atoms with E-state index in [0.29, 0.717) is 0 Å². The Labute approximate surface area is 584 Å². The molecule has 0 radical (unpaired) electrons. The van der Waals surface area contributed by atoms with Gasteiger partial charge in [0, 0.05) is 82.3 Å². The van der Waals surface area contributed by atoms with Crippen LogP contribution in [0.3, 0.4) is 0 Å². The van der Waals surface area contributed by atoms with Crippen LogP contribution in [-0.2, 0) is 23.7 Å². The van der Waals surface area contributed by atoms with Crippen LogP contribution in [0.2, 0.25) is 0 Å². The van der Waals surface area contributed by atoms with Gasteiger partial charge in [0.15, 0.2) is 0 Å². The summed E-state index contributed by atoms with van der Waals surface area (Å²) < 4.78 is 42.0. The van der Waals surface area contributed by atoms with Crippen molar-refractivity contribution in [3.8, 4) is 39.6 Å². The molecule has 0 saturated heterocycles. The van der Waals surface area contributed by atoms with E-state index < -0.39 is 0 Å². The van der Waals surface area contributed by atoms with E-state index in [1.165, 1.54) is 88.1 Å². The summed E-state index contributed by atoms with van der Waals surface area (Å²) in [5.41, 5.74) is 25.7. The van der Waals surface area contributed by atoms with Crippen molar-refractivity contribution >= 4 is 109 Å². The highest BCUT2D eigenvalue weighted by molar-refractivity contribution is 6.15. The van der Waals surface area contributed by atoms with E-state index in [0.717, 1.165) is 107 Å². The average molecular weight is 1310 g/mol. The van der Waals surface area contributed by atoms with Crippen molar-refractivity contribution in [2.24, 2.45) is 0 Å². The number of nitrogens with zero attached hydrogens (tertiary/aromatic N) is 5. The maximum atomic E-state index is 15.1. The third-order valence-corrected chi connectivity index (χ3v) is 21.7. The molecular weight excluding hydrogens is 1240 g/mol. The molecule has 19 rings (SSSR count). The largest absolute Gasteiger partial charge is 0.309 e. The van der Waals surface area contributed by atoms with Crippen LogP contribution in [0.5, 0.6) is 0 Å². The summed E-state index contributed by atoms with van der Waals surface area (Å²) in [4.78, 5) is 0. The molecule has 0 unspecified atom stereocenters. The van der Waals surface area contributed by atoms with Gasteiger partial charge in [-0.15, -0.1) is 0 Å². The molecule has 0 aliphatic carbocycles. The lowest BCUT2D eigenvalue weighted by atomic mass is 9.78. The summed E-state index contributed by atoms with van der Waals surface area (Å²) in [5.74, 6) is -0.526. The Bertz CT molecular complexity index is 6410. The molecular formula is C94H71F2N5. The van der Waals surface area contributed by atoms with Gasteiger partial charge in [0.1, 0.15) is 11.6 Å². The molecule has 5 aromatic heterocycles. The van der Waals surface area contributed by atoms with Crippen molar-refractivity contribution in [2.75, 3.05) is 0 Å². The molecule has 0 aliphatic rings. The van der Waals surface area contributed by atoms with E-state index in [-0.39, 0.29) is 22.5 Å². The van der Waals surface area contributed by atoms with Crippen molar-refractivity contribution in [3.63, 3.8) is 0 Å². The molecule has 0 N–H and O–H groups in total. The molecule has 486 valence electrons. The fourth-order valence-electron chi connectivity index (χ4n) is 16.8. The van der Waals surface area contributed by atoms with Crippen molar-refractivity contribution in [2.45, 2.75) is 65.2 Å². The number of fused-ring (bicyclic) bond motifs is 15. The van der Waals surface area contributed by atoms with Gasteiger partial charge in [-0.2, -0.15) is 0 Å². The molecule has 0 saturated carbocycles. The first-order chi connectivity index (χ1) is 49.2. The van der Waals surface area contributed by atoms with Gasteiger partial charge >= 0.3 is 0 Å². The maximum absolute atomic E-state index is 15.1. The number of aryl methyl sites for hydroxylation is 1. The standard InChI is InChI=1S/C94H71F2N5/c1-58-31-37-67(98-83-27-14-10-23-71(83)72-24-11-15-28-84(72)98)53-75(58)76-54-68(38-32-61(76)47-59-19-8-7-9-20-59)101-87-41-33-62(93(2,3)4)49-77(87)78-50-63(34-42-88(78)101)94(5,6)57-60-21-18-22-66(48-60)97-91-45-39-69(99-85-29-16-12-25-73(85)79-51-64(95)35-43-89(79)99)55-81(91)82-56-70(40-46-92(82)97)100-86-30-17-13-26-74(86)80-52-65(96)36-44-90(80)100/h7-46,48-56H,47,57H2,1-6H3. The van der Waals surface area contributed by atoms with E-state index in [2.05, 4.69) is 301 Å². The predicted octanol–water partition coefficient (Wildman–Crippen LogP) is 24.8. The average Bonchev–Trinajstić information content (AvgIpc) is 1.60. The zero-order chi connectivity index (χ0) is 68.2. The van der Waals surface area contributed by atoms with Crippen molar-refractivity contribution in [1.29, 1.82) is 0 Å². The third-order valence-electron chi connectivity index (χ3n) is 21.7. The molecule has 5 heterocycles. The first-order valence-electron chi connectivity index (χ1n) is 35.1. The van der Waals surface area contributed by atoms with Crippen LogP contribution in [0.25, 0.3) is 149 Å². The van der Waals surface area contributed by atoms with E-state index in [1.54, 1.807) is 24.3 Å². The van der Waals surface area contributed by atoms with E-state index >= 15 is 8.78 Å². The SMILES string of the molecule is Cc1ccc(-n2c3ccccc3c3ccccc32)cc1-c1cc(-n2c3ccc(C(C)(C)C)cc3c3cc(C(C)(C)Cc4cccc(-n5c6ccc(-n7c8ccccc8c8cc(F)ccc87)cc6c6cc(-n7c8ccccc8c8cc(F)ccc87)ccc65)c4)ccc32)ccc1Cc1ccccc1. The molecule has 0 bridgehead atoms. The fourth-order valence-corrected chi connectivity index (χ4v) is 16.8. The van der Waals surface area contributed by atoms with E-state index in [4.69, 9.17) is 0 Å². The minimum absolute atomic E-state index is 0.0704. The normalized spacial score (nSPS) is 12.4. The van der Waals surface area contributed by atoms with Gasteiger partial charge in [-0.05, 0) is 233 Å². The molecule has 0 aliphatic heterocycles. The number of aromatic nitrogens is 5. The Hall–Kier alpha value is -12.1. The third kappa shape index (κ3) is 9.69. The Balaban J connectivity index is 0.736. The van der Waals surface area contributed by atoms with Gasteiger partial charge < -0.3 is 22.8 Å². The highest BCUT2D eigenvalue weighted by Crippen LogP contribution is 2.45. The molecule has 5 nitrogen and oxygen atoms in total. The van der Waals surface area contributed by atoms with Crippen LogP contribution in [0.4, 0.5) is 8.78 Å². The number of hydrogen-bond donors (Lipinski definition) is 0. The van der Waals surface area contributed by atoms with Gasteiger partial charge in [0.25, 0.3) is 0 Å². The zero-order valence-electron chi connectivity index (χ0n) is 57.2. The number of benzene rings is 14. The highest BCUT2D eigenvalue weighted by Gasteiger charge is 2.27. The molecule has 19 aromatic rings. The second kappa shape index (κ2) is 22.7. The second-order valence-electron chi connectivity index (χ2n) is 29.4. The summed E-state index contributed by atoms with van der Waals surface area (Å²) in [6, 6.07) is 106. The lowest BCUT2D eigenvalue weighted by Gasteiger charge is -2.26. The maximum Gasteiger partial charge on any atom is 0.123 e. The van der Waals surface area contributed by atoms with Crippen LogP contribution in [-0.4, -0.2) is 22.8 Å². The van der Waals surface area contributed by atoms with Crippen molar-refractivity contribution in [1.82, 2.24) is 22.8 Å². The van der Waals surface area contributed by atoms with Crippen LogP contribution in [0.15, 0.2) is 297 Å². The number of hydrogen-bond acceptors (Lipinski definition) is 0. The molecule has 0 fully saturated rings. The van der Waals surface area contributed by atoms with E-state index in [1.807, 2.05) is 36.4 Å². The summed E-state index contributed by atoms with van der Waals surface area (Å²) >= 11 is 0.